The lowest BCUT2D eigenvalue weighted by Crippen LogP contribution is -2.31. The summed E-state index contributed by atoms with van der Waals surface area (Å²) >= 11 is 0. The van der Waals surface area contributed by atoms with Gasteiger partial charge in [0, 0.05) is 11.6 Å². The van der Waals surface area contributed by atoms with Crippen LogP contribution in [0.25, 0.3) is 11.3 Å². The van der Waals surface area contributed by atoms with E-state index in [0.29, 0.717) is 5.56 Å². The van der Waals surface area contributed by atoms with Gasteiger partial charge >= 0.3 is 0 Å². The van der Waals surface area contributed by atoms with Crippen molar-refractivity contribution in [3.63, 3.8) is 0 Å². The molecule has 0 unspecified atom stereocenters. The molecule has 2 heteroatoms. The van der Waals surface area contributed by atoms with Gasteiger partial charge in [-0.15, -0.1) is 0 Å². The lowest BCUT2D eigenvalue weighted by Gasteiger charge is -2.06. The molecule has 0 aliphatic carbocycles. The molecule has 0 fully saturated rings. The van der Waals surface area contributed by atoms with Crippen LogP contribution in [0.1, 0.15) is 16.7 Å². The molecule has 17 heavy (non-hydrogen) atoms. The zero-order valence-electron chi connectivity index (χ0n) is 10.7. The molecule has 88 valence electrons. The van der Waals surface area contributed by atoms with Gasteiger partial charge in [0.15, 0.2) is 5.82 Å². The van der Waals surface area contributed by atoms with Crippen molar-refractivity contribution in [3.05, 3.63) is 53.0 Å². The first kappa shape index (κ1) is 11.8. The Morgan fingerprint density at radius 2 is 1.71 bits per heavy atom. The van der Waals surface area contributed by atoms with Crippen molar-refractivity contribution in [3.8, 4) is 11.3 Å². The molecule has 0 bridgehead atoms. The number of aryl methyl sites for hydroxylation is 4. The summed E-state index contributed by atoms with van der Waals surface area (Å²) in [6.45, 7) is 5.95. The molecule has 0 atom stereocenters. The lowest BCUT2D eigenvalue weighted by molar-refractivity contribution is -0.662. The van der Waals surface area contributed by atoms with E-state index in [2.05, 4.69) is 32.0 Å². The summed E-state index contributed by atoms with van der Waals surface area (Å²) in [6, 6.07) is 8.22. The summed E-state index contributed by atoms with van der Waals surface area (Å²) < 4.78 is 15.3. The van der Waals surface area contributed by atoms with Crippen molar-refractivity contribution in [2.24, 2.45) is 7.05 Å². The molecule has 0 spiro atoms. The zero-order chi connectivity index (χ0) is 12.6. The highest BCUT2D eigenvalue weighted by molar-refractivity contribution is 5.62. The second-order valence-corrected chi connectivity index (χ2v) is 4.62. The molecule has 1 heterocycles. The molecular formula is C15H17FN+. The number of benzene rings is 1. The fourth-order valence-corrected chi connectivity index (χ4v) is 2.09. The predicted molar refractivity (Wildman–Crippen MR) is 67.2 cm³/mol. The van der Waals surface area contributed by atoms with E-state index in [1.807, 2.05) is 17.7 Å². The van der Waals surface area contributed by atoms with Crippen LogP contribution in [-0.4, -0.2) is 0 Å². The molecule has 0 amide bonds. The molecule has 0 saturated carbocycles. The number of hydrogen-bond donors (Lipinski definition) is 0. The van der Waals surface area contributed by atoms with Gasteiger partial charge in [0.1, 0.15) is 7.05 Å². The van der Waals surface area contributed by atoms with Crippen LogP contribution in [0.2, 0.25) is 0 Å². The second-order valence-electron chi connectivity index (χ2n) is 4.62. The van der Waals surface area contributed by atoms with Crippen molar-refractivity contribution < 1.29 is 8.96 Å². The number of nitrogens with zero attached hydrogens (tertiary/aromatic N) is 1. The van der Waals surface area contributed by atoms with Crippen molar-refractivity contribution >= 4 is 0 Å². The SMILES string of the molecule is Cc1ccc(-c2cc(C)c(F)c[n+]2C)c(C)c1. The highest BCUT2D eigenvalue weighted by atomic mass is 19.1. The van der Waals surface area contributed by atoms with Crippen LogP contribution in [0.4, 0.5) is 4.39 Å². The Balaban J connectivity index is 2.64. The second kappa shape index (κ2) is 4.28. The Hall–Kier alpha value is -1.70. The Morgan fingerprint density at radius 1 is 1.00 bits per heavy atom. The molecule has 0 aliphatic heterocycles. The first-order valence-electron chi connectivity index (χ1n) is 5.72. The third-order valence-electron chi connectivity index (χ3n) is 3.07. The maximum atomic E-state index is 13.4. The van der Waals surface area contributed by atoms with Gasteiger partial charge in [-0.05, 0) is 38.0 Å². The molecule has 0 N–H and O–H groups in total. The van der Waals surface area contributed by atoms with Crippen LogP contribution >= 0.6 is 0 Å². The maximum Gasteiger partial charge on any atom is 0.212 e. The Morgan fingerprint density at radius 3 is 2.35 bits per heavy atom. The largest absolute Gasteiger partial charge is 0.212 e. The van der Waals surface area contributed by atoms with Crippen molar-refractivity contribution in [1.82, 2.24) is 0 Å². The minimum absolute atomic E-state index is 0.166. The Bertz CT molecular complexity index is 573. The molecule has 0 aliphatic rings. The Labute approximate surface area is 102 Å². The van der Waals surface area contributed by atoms with Crippen LogP contribution in [-0.2, 0) is 7.05 Å². The number of rotatable bonds is 1. The van der Waals surface area contributed by atoms with Crippen LogP contribution in [0.3, 0.4) is 0 Å². The minimum atomic E-state index is -0.166. The topological polar surface area (TPSA) is 3.88 Å². The van der Waals surface area contributed by atoms with Gasteiger partial charge < -0.3 is 0 Å². The van der Waals surface area contributed by atoms with Gasteiger partial charge in [-0.2, -0.15) is 4.57 Å². The zero-order valence-corrected chi connectivity index (χ0v) is 10.7. The van der Waals surface area contributed by atoms with Crippen molar-refractivity contribution in [2.75, 3.05) is 0 Å². The maximum absolute atomic E-state index is 13.4. The summed E-state index contributed by atoms with van der Waals surface area (Å²) in [5, 5.41) is 0. The van der Waals surface area contributed by atoms with E-state index < -0.39 is 0 Å². The molecule has 2 aromatic rings. The molecule has 1 nitrogen and oxygen atoms in total. The van der Waals surface area contributed by atoms with E-state index in [9.17, 15) is 4.39 Å². The Kier molecular flexibility index (Phi) is 2.97. The number of hydrogen-bond acceptors (Lipinski definition) is 0. The molecule has 0 radical (unpaired) electrons. The third kappa shape index (κ3) is 2.21. The monoisotopic (exact) mass is 230 g/mol. The summed E-state index contributed by atoms with van der Waals surface area (Å²) in [7, 11) is 1.87. The van der Waals surface area contributed by atoms with Gasteiger partial charge in [-0.3, -0.25) is 0 Å². The van der Waals surface area contributed by atoms with E-state index in [0.717, 1.165) is 11.3 Å². The van der Waals surface area contributed by atoms with Crippen LogP contribution in [0.15, 0.2) is 30.5 Å². The lowest BCUT2D eigenvalue weighted by atomic mass is 10.0. The molecule has 0 saturated heterocycles. The van der Waals surface area contributed by atoms with Crippen LogP contribution in [0, 0.1) is 26.6 Å². The van der Waals surface area contributed by atoms with Crippen LogP contribution < -0.4 is 4.57 Å². The third-order valence-corrected chi connectivity index (χ3v) is 3.07. The standard InChI is InChI=1S/C15H17FN/c1-10-5-6-13(11(2)7-10)15-8-12(3)14(16)9-17(15)4/h5-9H,1-4H3/q+1. The fraction of sp³-hybridized carbons (Fsp3) is 0.267. The van der Waals surface area contributed by atoms with Gasteiger partial charge in [0.05, 0.1) is 0 Å². The number of pyridine rings is 1. The predicted octanol–water partition coefficient (Wildman–Crippen LogP) is 3.24. The average Bonchev–Trinajstić information content (AvgIpc) is 2.24. The normalized spacial score (nSPS) is 10.6. The molecular weight excluding hydrogens is 213 g/mol. The number of halogens is 1. The van der Waals surface area contributed by atoms with Gasteiger partial charge in [0.2, 0.25) is 11.9 Å². The summed E-state index contributed by atoms with van der Waals surface area (Å²) in [4.78, 5) is 0. The smallest absolute Gasteiger partial charge is 0.200 e. The molecule has 1 aromatic carbocycles. The fourth-order valence-electron chi connectivity index (χ4n) is 2.09. The van der Waals surface area contributed by atoms with E-state index >= 15 is 0 Å². The first-order valence-corrected chi connectivity index (χ1v) is 5.72. The molecule has 2 rings (SSSR count). The quantitative estimate of drug-likeness (QED) is 0.662. The first-order chi connectivity index (χ1) is 7.99. The highest BCUT2D eigenvalue weighted by Gasteiger charge is 2.15. The summed E-state index contributed by atoms with van der Waals surface area (Å²) in [6.07, 6.45) is 1.53. The highest BCUT2D eigenvalue weighted by Crippen LogP contribution is 2.22. The summed E-state index contributed by atoms with van der Waals surface area (Å²) in [5.41, 5.74) is 5.33. The summed E-state index contributed by atoms with van der Waals surface area (Å²) in [5.74, 6) is -0.166. The van der Waals surface area contributed by atoms with E-state index in [1.165, 1.54) is 17.3 Å². The van der Waals surface area contributed by atoms with E-state index in [-0.39, 0.29) is 5.82 Å². The van der Waals surface area contributed by atoms with Gasteiger partial charge in [0.25, 0.3) is 0 Å². The van der Waals surface area contributed by atoms with Crippen LogP contribution in [0.5, 0.6) is 0 Å². The van der Waals surface area contributed by atoms with Crippen molar-refractivity contribution in [2.45, 2.75) is 20.8 Å². The van der Waals surface area contributed by atoms with Gasteiger partial charge in [-0.1, -0.05) is 17.7 Å². The number of aromatic nitrogens is 1. The average molecular weight is 230 g/mol. The van der Waals surface area contributed by atoms with E-state index in [1.54, 1.807) is 6.92 Å². The minimum Gasteiger partial charge on any atom is -0.200 e. The van der Waals surface area contributed by atoms with E-state index in [4.69, 9.17) is 0 Å². The molecule has 1 aromatic heterocycles. The van der Waals surface area contributed by atoms with Crippen molar-refractivity contribution in [1.29, 1.82) is 0 Å². The van der Waals surface area contributed by atoms with Gasteiger partial charge in [-0.25, -0.2) is 4.39 Å².